The second-order valence-electron chi connectivity index (χ2n) is 6.93. The molecule has 2 unspecified atom stereocenters. The Hall–Kier alpha value is -1.23. The van der Waals surface area contributed by atoms with Crippen molar-refractivity contribution < 1.29 is 32.8 Å². The van der Waals surface area contributed by atoms with Crippen LogP contribution in [0.3, 0.4) is 0 Å². The van der Waals surface area contributed by atoms with Crippen LogP contribution < -0.4 is 12.3 Å². The van der Waals surface area contributed by atoms with E-state index in [9.17, 15) is 32.8 Å². The zero-order valence-electron chi connectivity index (χ0n) is 17.4. The van der Waals surface area contributed by atoms with Gasteiger partial charge in [0.2, 0.25) is 4.75 Å². The average molecular weight is 429 g/mol. The summed E-state index contributed by atoms with van der Waals surface area (Å²) in [5.41, 5.74) is 0. The Morgan fingerprint density at radius 2 is 1.25 bits per heavy atom. The van der Waals surface area contributed by atoms with Gasteiger partial charge in [-0.25, -0.2) is 0 Å². The first-order valence-corrected chi connectivity index (χ1v) is 11.0. The Labute approximate surface area is 169 Å². The van der Waals surface area contributed by atoms with E-state index in [-0.39, 0.29) is 25.1 Å². The van der Waals surface area contributed by atoms with Gasteiger partial charge in [-0.3, -0.25) is 14.1 Å². The number of carboxylic acids is 2. The summed E-state index contributed by atoms with van der Waals surface area (Å²) in [7, 11) is -5.09. The zero-order chi connectivity index (χ0) is 20.2. The number of carboxylic acid groups (broad SMARTS) is 2. The van der Waals surface area contributed by atoms with Gasteiger partial charge in [-0.15, -0.1) is 0 Å². The number of hydrogen-bond acceptors (Lipinski definition) is 6. The lowest BCUT2D eigenvalue weighted by atomic mass is 9.82. The number of unbranched alkanes of at least 4 members (excludes halogenated alkanes) is 8. The summed E-state index contributed by atoms with van der Waals surface area (Å²) >= 11 is 0. The lowest BCUT2D eigenvalue weighted by Crippen LogP contribution is -2.55. The minimum absolute atomic E-state index is 0. The topological polar surface area (TPSA) is 199 Å². The van der Waals surface area contributed by atoms with Crippen molar-refractivity contribution in [2.24, 2.45) is 5.92 Å². The van der Waals surface area contributed by atoms with Crippen LogP contribution in [-0.2, 0) is 19.7 Å². The molecule has 28 heavy (non-hydrogen) atoms. The van der Waals surface area contributed by atoms with E-state index in [1.165, 1.54) is 0 Å². The summed E-state index contributed by atoms with van der Waals surface area (Å²) in [5.74, 6) is -4.94. The summed E-state index contributed by atoms with van der Waals surface area (Å²) in [6, 6.07) is 0. The molecular weight excluding hydrogens is 388 g/mol. The van der Waals surface area contributed by atoms with E-state index in [0.29, 0.717) is 19.3 Å². The van der Waals surface area contributed by atoms with Gasteiger partial charge in [-0.05, 0) is 12.8 Å². The Balaban J connectivity index is -0.00000312. The second kappa shape index (κ2) is 15.7. The van der Waals surface area contributed by atoms with Crippen LogP contribution >= 0.6 is 0 Å². The van der Waals surface area contributed by atoms with E-state index < -0.39 is 39.1 Å². The largest absolute Gasteiger partial charge is 0.481 e. The molecular formula is C18H40N2O7S. The molecule has 0 aliphatic carbocycles. The fraction of sp³-hybridized carbons (Fsp3) is 0.889. The van der Waals surface area contributed by atoms with E-state index in [2.05, 4.69) is 0 Å². The van der Waals surface area contributed by atoms with Crippen LogP contribution in [0.1, 0.15) is 90.9 Å². The van der Waals surface area contributed by atoms with Gasteiger partial charge >= 0.3 is 11.9 Å². The van der Waals surface area contributed by atoms with Gasteiger partial charge in [0.05, 0.1) is 5.92 Å². The molecule has 0 heterocycles. The average Bonchev–Trinajstić information content (AvgIpc) is 2.53. The van der Waals surface area contributed by atoms with Crippen LogP contribution in [0.2, 0.25) is 0 Å². The maximum absolute atomic E-state index is 12.0. The standard InChI is InChI=1S/C18H34O7S.2H3N/c1-3-5-7-9-11-13-15(16(19)20)18(17(21)22,26(23,24)25)14-12-10-8-6-4-2;;/h15H,3-14H2,1-2H3,(H,19,20)(H,21,22)(H,23,24,25);2*1H3. The van der Waals surface area contributed by atoms with Crippen LogP contribution in [0.15, 0.2) is 0 Å². The van der Waals surface area contributed by atoms with E-state index >= 15 is 0 Å². The Morgan fingerprint density at radius 3 is 1.61 bits per heavy atom. The Bertz CT molecular complexity index is 540. The molecule has 0 amide bonds. The molecule has 0 aromatic rings. The molecule has 0 fully saturated rings. The van der Waals surface area contributed by atoms with Crippen molar-refractivity contribution in [3.63, 3.8) is 0 Å². The van der Waals surface area contributed by atoms with Gasteiger partial charge in [0, 0.05) is 0 Å². The molecule has 0 aliphatic heterocycles. The van der Waals surface area contributed by atoms with Crippen molar-refractivity contribution in [2.45, 2.75) is 95.6 Å². The Kier molecular flexibility index (Phi) is 17.6. The highest BCUT2D eigenvalue weighted by Gasteiger charge is 2.58. The van der Waals surface area contributed by atoms with E-state index in [4.69, 9.17) is 0 Å². The van der Waals surface area contributed by atoms with Crippen LogP contribution in [0, 0.1) is 5.92 Å². The van der Waals surface area contributed by atoms with Crippen molar-refractivity contribution in [3.8, 4) is 0 Å². The SMILES string of the molecule is CCCCCCCC(C(=O)O)C(CCCCCCC)(C(=O)O)S(=O)(=O)O.N.N. The number of rotatable bonds is 16. The van der Waals surface area contributed by atoms with Crippen LogP contribution in [-0.4, -0.2) is 39.9 Å². The molecule has 0 radical (unpaired) electrons. The summed E-state index contributed by atoms with van der Waals surface area (Å²) in [5, 5.41) is 19.1. The quantitative estimate of drug-likeness (QED) is 0.174. The first kappa shape index (κ1) is 31.5. The highest BCUT2D eigenvalue weighted by Crippen LogP contribution is 2.36. The van der Waals surface area contributed by atoms with Gasteiger partial charge in [0.25, 0.3) is 10.1 Å². The van der Waals surface area contributed by atoms with Crippen molar-refractivity contribution in [1.82, 2.24) is 12.3 Å². The van der Waals surface area contributed by atoms with Gasteiger partial charge in [-0.2, -0.15) is 8.42 Å². The monoisotopic (exact) mass is 428 g/mol. The number of carbonyl (C=O) groups is 2. The third-order valence-corrected chi connectivity index (χ3v) is 6.52. The summed E-state index contributed by atoms with van der Waals surface area (Å²) in [4.78, 5) is 23.6. The molecule has 170 valence electrons. The maximum atomic E-state index is 12.0. The first-order chi connectivity index (χ1) is 12.1. The van der Waals surface area contributed by atoms with Crippen LogP contribution in [0.25, 0.3) is 0 Å². The summed E-state index contributed by atoms with van der Waals surface area (Å²) in [6.45, 7) is 4.05. The minimum atomic E-state index is -5.09. The molecule has 0 saturated heterocycles. The summed E-state index contributed by atoms with van der Waals surface area (Å²) in [6.07, 6.45) is 7.07. The lowest BCUT2D eigenvalue weighted by Gasteiger charge is -2.32. The first-order valence-electron chi connectivity index (χ1n) is 9.58. The fourth-order valence-corrected chi connectivity index (χ4v) is 4.55. The maximum Gasteiger partial charge on any atom is 0.328 e. The van der Waals surface area contributed by atoms with Crippen LogP contribution in [0.4, 0.5) is 0 Å². The third kappa shape index (κ3) is 9.31. The molecule has 0 aliphatic rings. The molecule has 2 atom stereocenters. The van der Waals surface area contributed by atoms with Crippen molar-refractivity contribution in [1.29, 1.82) is 0 Å². The Morgan fingerprint density at radius 1 is 0.821 bits per heavy atom. The van der Waals surface area contributed by atoms with E-state index in [0.717, 1.165) is 38.5 Å². The van der Waals surface area contributed by atoms with Crippen molar-refractivity contribution >= 4 is 22.1 Å². The highest BCUT2D eigenvalue weighted by molar-refractivity contribution is 7.88. The number of hydrogen-bond donors (Lipinski definition) is 5. The smallest absolute Gasteiger partial charge is 0.328 e. The molecule has 0 spiro atoms. The lowest BCUT2D eigenvalue weighted by molar-refractivity contribution is -0.152. The molecule has 0 bridgehead atoms. The third-order valence-electron chi connectivity index (χ3n) is 4.93. The highest BCUT2D eigenvalue weighted by atomic mass is 32.2. The predicted octanol–water partition coefficient (Wildman–Crippen LogP) is 4.44. The van der Waals surface area contributed by atoms with Gasteiger partial charge in [0.1, 0.15) is 0 Å². The minimum Gasteiger partial charge on any atom is -0.481 e. The fourth-order valence-electron chi connectivity index (χ4n) is 3.35. The molecule has 0 saturated carbocycles. The number of aliphatic carboxylic acids is 2. The zero-order valence-corrected chi connectivity index (χ0v) is 18.2. The predicted molar refractivity (Wildman–Crippen MR) is 110 cm³/mol. The van der Waals surface area contributed by atoms with Gasteiger partial charge in [-0.1, -0.05) is 78.1 Å². The van der Waals surface area contributed by atoms with E-state index in [1.807, 2.05) is 13.8 Å². The second-order valence-corrected chi connectivity index (χ2v) is 8.61. The van der Waals surface area contributed by atoms with Crippen molar-refractivity contribution in [3.05, 3.63) is 0 Å². The molecule has 0 rings (SSSR count). The molecule has 0 aromatic heterocycles. The van der Waals surface area contributed by atoms with Crippen LogP contribution in [0.5, 0.6) is 0 Å². The van der Waals surface area contributed by atoms with Crippen molar-refractivity contribution in [2.75, 3.05) is 0 Å². The normalized spacial score (nSPS) is 14.2. The van der Waals surface area contributed by atoms with E-state index in [1.54, 1.807) is 0 Å². The molecule has 9 N–H and O–H groups in total. The molecule has 0 aromatic carbocycles. The van der Waals surface area contributed by atoms with Gasteiger partial charge in [0.15, 0.2) is 0 Å². The molecule has 10 heteroatoms. The molecule has 9 nitrogen and oxygen atoms in total. The van der Waals surface area contributed by atoms with Gasteiger partial charge < -0.3 is 22.5 Å². The summed E-state index contributed by atoms with van der Waals surface area (Å²) < 4.78 is 31.0.